The van der Waals surface area contributed by atoms with Crippen LogP contribution in [0.5, 0.6) is 0 Å². The number of anilines is 1. The Labute approximate surface area is 121 Å². The summed E-state index contributed by atoms with van der Waals surface area (Å²) in [7, 11) is 0. The van der Waals surface area contributed by atoms with E-state index in [9.17, 15) is 9.90 Å². The zero-order valence-corrected chi connectivity index (χ0v) is 12.8. The highest BCUT2D eigenvalue weighted by Crippen LogP contribution is 2.18. The second-order valence-electron chi connectivity index (χ2n) is 5.10. The molecule has 20 heavy (non-hydrogen) atoms. The van der Waals surface area contributed by atoms with Crippen LogP contribution in [0.3, 0.4) is 0 Å². The van der Waals surface area contributed by atoms with Gasteiger partial charge >= 0.3 is 0 Å². The third-order valence-corrected chi connectivity index (χ3v) is 3.03. The van der Waals surface area contributed by atoms with Gasteiger partial charge in [0.2, 0.25) is 5.91 Å². The SMILES string of the molecule is CCC(O)c1ccc(N(CC)CC(=O)NC(C)C)cn1. The van der Waals surface area contributed by atoms with Crippen molar-refractivity contribution in [2.75, 3.05) is 18.0 Å². The van der Waals surface area contributed by atoms with Crippen molar-refractivity contribution in [3.8, 4) is 0 Å². The molecular weight excluding hydrogens is 254 g/mol. The van der Waals surface area contributed by atoms with Crippen molar-refractivity contribution in [1.82, 2.24) is 10.3 Å². The van der Waals surface area contributed by atoms with Crippen molar-refractivity contribution < 1.29 is 9.90 Å². The highest BCUT2D eigenvalue weighted by Gasteiger charge is 2.12. The summed E-state index contributed by atoms with van der Waals surface area (Å²) in [6, 6.07) is 3.85. The quantitative estimate of drug-likeness (QED) is 0.800. The Bertz CT molecular complexity index is 418. The maximum atomic E-state index is 11.8. The van der Waals surface area contributed by atoms with Gasteiger partial charge in [-0.3, -0.25) is 9.78 Å². The summed E-state index contributed by atoms with van der Waals surface area (Å²) in [4.78, 5) is 18.0. The predicted molar refractivity (Wildman–Crippen MR) is 80.7 cm³/mol. The van der Waals surface area contributed by atoms with Gasteiger partial charge in [-0.2, -0.15) is 0 Å². The smallest absolute Gasteiger partial charge is 0.239 e. The Balaban J connectivity index is 2.72. The Hall–Kier alpha value is -1.62. The number of likely N-dealkylation sites (N-methyl/N-ethyl adjacent to an activating group) is 1. The summed E-state index contributed by atoms with van der Waals surface area (Å²) < 4.78 is 0. The van der Waals surface area contributed by atoms with Gasteiger partial charge in [-0.05, 0) is 39.3 Å². The number of aromatic nitrogens is 1. The third-order valence-electron chi connectivity index (χ3n) is 3.03. The Morgan fingerprint density at radius 2 is 2.10 bits per heavy atom. The van der Waals surface area contributed by atoms with E-state index < -0.39 is 6.10 Å². The van der Waals surface area contributed by atoms with E-state index in [2.05, 4.69) is 10.3 Å². The number of pyridine rings is 1. The van der Waals surface area contributed by atoms with Crippen molar-refractivity contribution in [3.63, 3.8) is 0 Å². The topological polar surface area (TPSA) is 65.5 Å². The monoisotopic (exact) mass is 279 g/mol. The molecule has 5 nitrogen and oxygen atoms in total. The maximum Gasteiger partial charge on any atom is 0.239 e. The molecule has 0 bridgehead atoms. The summed E-state index contributed by atoms with van der Waals surface area (Å²) >= 11 is 0. The van der Waals surface area contributed by atoms with Gasteiger partial charge in [0, 0.05) is 12.6 Å². The molecule has 0 fully saturated rings. The molecule has 0 aromatic carbocycles. The number of hydrogen-bond donors (Lipinski definition) is 2. The van der Waals surface area contributed by atoms with Crippen LogP contribution in [0.1, 0.15) is 45.9 Å². The zero-order chi connectivity index (χ0) is 15.1. The highest BCUT2D eigenvalue weighted by molar-refractivity contribution is 5.81. The number of carbonyl (C=O) groups is 1. The summed E-state index contributed by atoms with van der Waals surface area (Å²) in [5.74, 6) is -0.000445. The predicted octanol–water partition coefficient (Wildman–Crippen LogP) is 1.88. The van der Waals surface area contributed by atoms with Gasteiger partial charge in [0.1, 0.15) is 0 Å². The molecule has 2 N–H and O–H groups in total. The van der Waals surface area contributed by atoms with Gasteiger partial charge in [0.05, 0.1) is 30.2 Å². The fourth-order valence-corrected chi connectivity index (χ4v) is 1.92. The molecule has 5 heteroatoms. The second kappa shape index (κ2) is 7.85. The minimum atomic E-state index is -0.525. The molecule has 1 atom stereocenters. The molecular formula is C15H25N3O2. The van der Waals surface area contributed by atoms with E-state index in [-0.39, 0.29) is 11.9 Å². The Morgan fingerprint density at radius 3 is 2.55 bits per heavy atom. The number of hydrogen-bond acceptors (Lipinski definition) is 4. The Kier molecular flexibility index (Phi) is 6.45. The van der Waals surface area contributed by atoms with Gasteiger partial charge in [-0.15, -0.1) is 0 Å². The fourth-order valence-electron chi connectivity index (χ4n) is 1.92. The molecule has 0 aliphatic carbocycles. The molecule has 0 saturated heterocycles. The second-order valence-corrected chi connectivity index (χ2v) is 5.10. The largest absolute Gasteiger partial charge is 0.387 e. The van der Waals surface area contributed by atoms with Crippen molar-refractivity contribution in [3.05, 3.63) is 24.0 Å². The molecule has 1 unspecified atom stereocenters. The van der Waals surface area contributed by atoms with Crippen LogP contribution < -0.4 is 10.2 Å². The van der Waals surface area contributed by atoms with E-state index in [1.54, 1.807) is 6.20 Å². The van der Waals surface area contributed by atoms with Crippen LogP contribution in [-0.2, 0) is 4.79 Å². The summed E-state index contributed by atoms with van der Waals surface area (Å²) in [5.41, 5.74) is 1.55. The van der Waals surface area contributed by atoms with Crippen molar-refractivity contribution in [1.29, 1.82) is 0 Å². The molecule has 0 radical (unpaired) electrons. The highest BCUT2D eigenvalue weighted by atomic mass is 16.3. The van der Waals surface area contributed by atoms with Crippen LogP contribution in [0.25, 0.3) is 0 Å². The van der Waals surface area contributed by atoms with E-state index in [0.29, 0.717) is 18.7 Å². The first-order chi connectivity index (χ1) is 9.47. The van der Waals surface area contributed by atoms with Crippen molar-refractivity contribution in [2.24, 2.45) is 0 Å². The number of aliphatic hydroxyl groups is 1. The van der Waals surface area contributed by atoms with Gasteiger partial charge < -0.3 is 15.3 Å². The van der Waals surface area contributed by atoms with Crippen LogP contribution in [0, 0.1) is 0 Å². The molecule has 112 valence electrons. The molecule has 0 aliphatic heterocycles. The minimum Gasteiger partial charge on any atom is -0.387 e. The average Bonchev–Trinajstić information content (AvgIpc) is 2.43. The van der Waals surface area contributed by atoms with Crippen LogP contribution in [0.2, 0.25) is 0 Å². The van der Waals surface area contributed by atoms with E-state index in [1.165, 1.54) is 0 Å². The fraction of sp³-hybridized carbons (Fsp3) is 0.600. The molecule has 0 aliphatic rings. The molecule has 0 saturated carbocycles. The van der Waals surface area contributed by atoms with Gasteiger partial charge in [0.25, 0.3) is 0 Å². The number of rotatable bonds is 7. The minimum absolute atomic E-state index is 0.000445. The summed E-state index contributed by atoms with van der Waals surface area (Å²) in [6.45, 7) is 8.83. The van der Waals surface area contributed by atoms with Crippen molar-refractivity contribution >= 4 is 11.6 Å². The standard InChI is InChI=1S/C15H25N3O2/c1-5-14(19)13-8-7-12(9-16-13)18(6-2)10-15(20)17-11(3)4/h7-9,11,14,19H,5-6,10H2,1-4H3,(H,17,20). The maximum absolute atomic E-state index is 11.8. The van der Waals surface area contributed by atoms with Crippen LogP contribution in [-0.4, -0.2) is 35.1 Å². The summed E-state index contributed by atoms with van der Waals surface area (Å²) in [6.07, 6.45) is 1.82. The average molecular weight is 279 g/mol. The lowest BCUT2D eigenvalue weighted by Gasteiger charge is -2.23. The number of aliphatic hydroxyl groups excluding tert-OH is 1. The first kappa shape index (κ1) is 16.4. The van der Waals surface area contributed by atoms with E-state index in [0.717, 1.165) is 12.2 Å². The number of nitrogens with zero attached hydrogens (tertiary/aromatic N) is 2. The first-order valence-corrected chi connectivity index (χ1v) is 7.16. The molecule has 1 heterocycles. The first-order valence-electron chi connectivity index (χ1n) is 7.16. The normalized spacial score (nSPS) is 12.3. The van der Waals surface area contributed by atoms with Crippen molar-refractivity contribution in [2.45, 2.75) is 46.3 Å². The summed E-state index contributed by atoms with van der Waals surface area (Å²) in [5, 5.41) is 12.6. The van der Waals surface area contributed by atoms with E-state index in [4.69, 9.17) is 0 Å². The Morgan fingerprint density at radius 1 is 1.40 bits per heavy atom. The molecule has 1 aromatic rings. The zero-order valence-electron chi connectivity index (χ0n) is 12.8. The van der Waals surface area contributed by atoms with Gasteiger partial charge in [-0.25, -0.2) is 0 Å². The lowest BCUT2D eigenvalue weighted by atomic mass is 10.2. The lowest BCUT2D eigenvalue weighted by molar-refractivity contribution is -0.120. The van der Waals surface area contributed by atoms with E-state index >= 15 is 0 Å². The molecule has 1 aromatic heterocycles. The van der Waals surface area contributed by atoms with Crippen LogP contribution in [0.15, 0.2) is 18.3 Å². The van der Waals surface area contributed by atoms with Gasteiger partial charge in [0.15, 0.2) is 0 Å². The number of carbonyl (C=O) groups excluding carboxylic acids is 1. The number of amides is 1. The molecule has 1 amide bonds. The van der Waals surface area contributed by atoms with Gasteiger partial charge in [-0.1, -0.05) is 6.92 Å². The number of nitrogens with one attached hydrogen (secondary N) is 1. The van der Waals surface area contributed by atoms with Crippen LogP contribution >= 0.6 is 0 Å². The van der Waals surface area contributed by atoms with E-state index in [1.807, 2.05) is 44.7 Å². The molecule has 1 rings (SSSR count). The van der Waals surface area contributed by atoms with Crippen LogP contribution in [0.4, 0.5) is 5.69 Å². The third kappa shape index (κ3) is 4.81. The molecule has 0 spiro atoms. The lowest BCUT2D eigenvalue weighted by Crippen LogP contribution is -2.40.